The maximum absolute atomic E-state index is 12.9. The number of ketones is 1. The molecular weight excluding hydrogens is 350 g/mol. The molecule has 0 saturated carbocycles. The summed E-state index contributed by atoms with van der Waals surface area (Å²) in [4.78, 5) is 34.9. The molecule has 0 N–H and O–H groups in total. The van der Waals surface area contributed by atoms with E-state index in [4.69, 9.17) is 0 Å². The zero-order valence-corrected chi connectivity index (χ0v) is 16.3. The zero-order chi connectivity index (χ0) is 19.9. The second-order valence-electron chi connectivity index (χ2n) is 7.35. The van der Waals surface area contributed by atoms with Gasteiger partial charge in [-0.05, 0) is 40.8 Å². The summed E-state index contributed by atoms with van der Waals surface area (Å²) in [5, 5.41) is 2.31. The largest absolute Gasteiger partial charge is 0.338 e. The number of carbonyl (C=O) groups is 2. The number of fused-ring (bicyclic) bond motifs is 1. The van der Waals surface area contributed by atoms with Crippen LogP contribution in [-0.2, 0) is 11.3 Å². The smallest absolute Gasteiger partial charge is 0.230 e. The van der Waals surface area contributed by atoms with Gasteiger partial charge in [-0.1, -0.05) is 50.2 Å². The van der Waals surface area contributed by atoms with E-state index in [1.165, 1.54) is 17.8 Å². The van der Waals surface area contributed by atoms with Gasteiger partial charge in [0.1, 0.15) is 0 Å². The first kappa shape index (κ1) is 19.7. The van der Waals surface area contributed by atoms with Crippen LogP contribution in [0.25, 0.3) is 10.8 Å². The highest BCUT2D eigenvalue weighted by Gasteiger charge is 2.20. The minimum atomic E-state index is -0.348. The lowest BCUT2D eigenvalue weighted by Gasteiger charge is -2.24. The molecule has 0 fully saturated rings. The predicted molar refractivity (Wildman–Crippen MR) is 110 cm³/mol. The first-order valence-electron chi connectivity index (χ1n) is 9.58. The molecule has 144 valence electrons. The fourth-order valence-corrected chi connectivity index (χ4v) is 3.03. The Kier molecular flexibility index (Phi) is 6.48. The Morgan fingerprint density at radius 2 is 1.68 bits per heavy atom. The summed E-state index contributed by atoms with van der Waals surface area (Å²) in [6, 6.07) is 16.0. The van der Waals surface area contributed by atoms with Crippen molar-refractivity contribution in [3.63, 3.8) is 0 Å². The van der Waals surface area contributed by atoms with Crippen LogP contribution < -0.4 is 0 Å². The highest BCUT2D eigenvalue weighted by atomic mass is 16.2. The Bertz CT molecular complexity index is 954. The number of Topliss-reactive ketones (excluding diaryl/α,β-unsaturated/α-hetero) is 1. The summed E-state index contributed by atoms with van der Waals surface area (Å²) >= 11 is 0. The summed E-state index contributed by atoms with van der Waals surface area (Å²) in [7, 11) is 0. The van der Waals surface area contributed by atoms with Gasteiger partial charge < -0.3 is 4.90 Å². The first-order chi connectivity index (χ1) is 13.5. The van der Waals surface area contributed by atoms with E-state index in [1.54, 1.807) is 11.0 Å². The number of nitrogens with zero attached hydrogens (tertiary/aromatic N) is 3. The van der Waals surface area contributed by atoms with Gasteiger partial charge in [0, 0.05) is 25.5 Å². The van der Waals surface area contributed by atoms with E-state index in [9.17, 15) is 9.59 Å². The average molecular weight is 375 g/mol. The fourth-order valence-electron chi connectivity index (χ4n) is 3.03. The molecule has 0 aliphatic heterocycles. The lowest BCUT2D eigenvalue weighted by molar-refractivity contribution is -0.131. The quantitative estimate of drug-likeness (QED) is 0.435. The summed E-state index contributed by atoms with van der Waals surface area (Å²) in [5.74, 6) is 0.0235. The second-order valence-corrected chi connectivity index (χ2v) is 7.35. The molecule has 0 aliphatic rings. The first-order valence-corrected chi connectivity index (χ1v) is 9.58. The number of aromatic nitrogens is 2. The molecule has 0 spiro atoms. The molecule has 0 saturated heterocycles. The van der Waals surface area contributed by atoms with Crippen molar-refractivity contribution in [1.29, 1.82) is 0 Å². The van der Waals surface area contributed by atoms with Crippen molar-refractivity contribution < 1.29 is 9.59 Å². The molecule has 1 amide bonds. The topological polar surface area (TPSA) is 63.2 Å². The van der Waals surface area contributed by atoms with Crippen molar-refractivity contribution in [2.75, 3.05) is 6.54 Å². The van der Waals surface area contributed by atoms with Gasteiger partial charge >= 0.3 is 0 Å². The number of benzene rings is 2. The molecule has 5 heteroatoms. The van der Waals surface area contributed by atoms with E-state index >= 15 is 0 Å². The minimum absolute atomic E-state index is 0.0883. The Morgan fingerprint density at radius 3 is 2.39 bits per heavy atom. The van der Waals surface area contributed by atoms with Crippen LogP contribution in [0, 0.1) is 5.92 Å². The number of hydrogen-bond donors (Lipinski definition) is 0. The van der Waals surface area contributed by atoms with Crippen molar-refractivity contribution in [2.45, 2.75) is 33.2 Å². The molecule has 0 aliphatic carbocycles. The molecule has 0 radical (unpaired) electrons. The molecule has 0 atom stereocenters. The summed E-state index contributed by atoms with van der Waals surface area (Å²) in [6.45, 7) is 5.36. The average Bonchev–Trinajstić information content (AvgIpc) is 2.71. The van der Waals surface area contributed by atoms with Crippen LogP contribution in [-0.4, -0.2) is 33.1 Å². The molecule has 28 heavy (non-hydrogen) atoms. The van der Waals surface area contributed by atoms with Crippen molar-refractivity contribution in [2.24, 2.45) is 5.92 Å². The Morgan fingerprint density at radius 1 is 0.964 bits per heavy atom. The summed E-state index contributed by atoms with van der Waals surface area (Å²) in [6.07, 6.45) is 3.69. The maximum Gasteiger partial charge on any atom is 0.230 e. The summed E-state index contributed by atoms with van der Waals surface area (Å²) in [5.41, 5.74) is 1.05. The number of amides is 1. The van der Waals surface area contributed by atoms with E-state index in [0.717, 1.165) is 17.4 Å². The van der Waals surface area contributed by atoms with Gasteiger partial charge in [-0.15, -0.1) is 0 Å². The minimum Gasteiger partial charge on any atom is -0.338 e. The van der Waals surface area contributed by atoms with Crippen molar-refractivity contribution in [1.82, 2.24) is 14.9 Å². The van der Waals surface area contributed by atoms with Crippen LogP contribution in [0.15, 0.2) is 60.9 Å². The van der Waals surface area contributed by atoms with Gasteiger partial charge in [0.05, 0.1) is 6.42 Å². The van der Waals surface area contributed by atoms with Gasteiger partial charge in [-0.25, -0.2) is 9.97 Å². The number of hydrogen-bond acceptors (Lipinski definition) is 4. The van der Waals surface area contributed by atoms with E-state index in [0.29, 0.717) is 19.0 Å². The van der Waals surface area contributed by atoms with Crippen LogP contribution in [0.5, 0.6) is 0 Å². The Balaban J connectivity index is 1.75. The van der Waals surface area contributed by atoms with Crippen molar-refractivity contribution in [3.8, 4) is 0 Å². The summed E-state index contributed by atoms with van der Waals surface area (Å²) < 4.78 is 0. The van der Waals surface area contributed by atoms with Crippen LogP contribution in [0.2, 0.25) is 0 Å². The monoisotopic (exact) mass is 375 g/mol. The molecule has 3 rings (SSSR count). The second kappa shape index (κ2) is 9.22. The predicted octanol–water partition coefficient (Wildman–Crippen LogP) is 4.28. The number of rotatable bonds is 8. The van der Waals surface area contributed by atoms with Crippen LogP contribution in [0.3, 0.4) is 0 Å². The van der Waals surface area contributed by atoms with Gasteiger partial charge in [0.2, 0.25) is 11.7 Å². The fraction of sp³-hybridized carbons (Fsp3) is 0.304. The van der Waals surface area contributed by atoms with Gasteiger partial charge in [0.15, 0.2) is 5.82 Å². The SMILES string of the molecule is CC(C)CCN(Cc1ccc2ccccc2c1)C(=O)CC(=O)c1ncccn1. The molecule has 1 heterocycles. The maximum atomic E-state index is 12.9. The highest BCUT2D eigenvalue weighted by molar-refractivity contribution is 6.05. The zero-order valence-electron chi connectivity index (χ0n) is 16.3. The molecule has 5 nitrogen and oxygen atoms in total. The van der Waals surface area contributed by atoms with Gasteiger partial charge in [0.25, 0.3) is 0 Å². The van der Waals surface area contributed by atoms with Gasteiger partial charge in [-0.3, -0.25) is 9.59 Å². The van der Waals surface area contributed by atoms with E-state index in [1.807, 2.05) is 18.2 Å². The van der Waals surface area contributed by atoms with Crippen LogP contribution >= 0.6 is 0 Å². The number of carbonyl (C=O) groups excluding carboxylic acids is 2. The molecule has 3 aromatic rings. The standard InChI is InChI=1S/C23H25N3O2/c1-17(2)10-13-26(22(28)15-21(27)23-24-11-5-12-25-23)16-18-8-9-19-6-3-4-7-20(19)14-18/h3-9,11-12,14,17H,10,13,15-16H2,1-2H3. The molecule has 2 aromatic carbocycles. The van der Waals surface area contributed by atoms with Gasteiger partial charge in [-0.2, -0.15) is 0 Å². The van der Waals surface area contributed by atoms with E-state index in [2.05, 4.69) is 48.1 Å². The Labute approximate surface area is 165 Å². The van der Waals surface area contributed by atoms with Crippen molar-refractivity contribution >= 4 is 22.5 Å². The van der Waals surface area contributed by atoms with Crippen LogP contribution in [0.1, 0.15) is 42.9 Å². The third-order valence-electron chi connectivity index (χ3n) is 4.64. The lowest BCUT2D eigenvalue weighted by atomic mass is 10.1. The van der Waals surface area contributed by atoms with Crippen LogP contribution in [0.4, 0.5) is 0 Å². The molecule has 0 unspecified atom stereocenters. The normalized spacial score (nSPS) is 11.0. The van der Waals surface area contributed by atoms with Crippen molar-refractivity contribution in [3.05, 3.63) is 72.3 Å². The van der Waals surface area contributed by atoms with E-state index in [-0.39, 0.29) is 23.9 Å². The molecule has 1 aromatic heterocycles. The third kappa shape index (κ3) is 5.22. The van der Waals surface area contributed by atoms with E-state index < -0.39 is 0 Å². The Hall–Kier alpha value is -3.08. The highest BCUT2D eigenvalue weighted by Crippen LogP contribution is 2.18. The molecule has 0 bridgehead atoms. The lowest BCUT2D eigenvalue weighted by Crippen LogP contribution is -2.33. The third-order valence-corrected chi connectivity index (χ3v) is 4.64. The molecular formula is C23H25N3O2.